The number of hydrogen-bond donors (Lipinski definition) is 0. The summed E-state index contributed by atoms with van der Waals surface area (Å²) < 4.78 is 0. The number of fused-ring (bicyclic) bond motifs is 1. The Kier molecular flexibility index (Phi) is 4.26. The second-order valence-corrected chi connectivity index (χ2v) is 6.60. The summed E-state index contributed by atoms with van der Waals surface area (Å²) >= 11 is 0. The third-order valence-electron chi connectivity index (χ3n) is 5.16. The molecule has 1 fully saturated rings. The maximum atomic E-state index is 4.38. The van der Waals surface area contributed by atoms with Gasteiger partial charge >= 0.3 is 0 Å². The van der Waals surface area contributed by atoms with Crippen LogP contribution in [-0.4, -0.2) is 44.7 Å². The molecule has 4 rings (SSSR count). The number of tetrazole rings is 1. The van der Waals surface area contributed by atoms with E-state index in [4.69, 9.17) is 0 Å². The summed E-state index contributed by atoms with van der Waals surface area (Å²) in [6, 6.07) is 15.4. The molecule has 2 unspecified atom stereocenters. The highest BCUT2D eigenvalue weighted by Gasteiger charge is 2.30. The van der Waals surface area contributed by atoms with Gasteiger partial charge < -0.3 is 4.90 Å². The van der Waals surface area contributed by atoms with E-state index in [-0.39, 0.29) is 6.04 Å². The van der Waals surface area contributed by atoms with E-state index in [1.54, 1.807) is 4.80 Å². The highest BCUT2D eigenvalue weighted by atomic mass is 15.6. The van der Waals surface area contributed by atoms with Crippen molar-refractivity contribution in [3.63, 3.8) is 0 Å². The van der Waals surface area contributed by atoms with Gasteiger partial charge in [0.25, 0.3) is 0 Å². The molecule has 24 heavy (non-hydrogen) atoms. The van der Waals surface area contributed by atoms with Gasteiger partial charge in [-0.1, -0.05) is 43.3 Å². The highest BCUT2D eigenvalue weighted by Crippen LogP contribution is 2.33. The van der Waals surface area contributed by atoms with Crippen LogP contribution in [0.2, 0.25) is 0 Å². The molecular weight excluding hydrogens is 298 g/mol. The molecular formula is C19H23N5. The molecule has 0 spiro atoms. The van der Waals surface area contributed by atoms with E-state index in [2.05, 4.69) is 69.7 Å². The van der Waals surface area contributed by atoms with Crippen LogP contribution in [0, 0.1) is 5.92 Å². The van der Waals surface area contributed by atoms with Gasteiger partial charge in [-0.2, -0.15) is 4.80 Å². The summed E-state index contributed by atoms with van der Waals surface area (Å²) in [5.74, 6) is 0.508. The van der Waals surface area contributed by atoms with Crippen molar-refractivity contribution in [2.75, 3.05) is 19.6 Å². The number of hydrogen-bond acceptors (Lipinski definition) is 4. The number of aromatic nitrogens is 4. The van der Waals surface area contributed by atoms with Crippen LogP contribution in [0.3, 0.4) is 0 Å². The minimum atomic E-state index is 0.145. The Balaban J connectivity index is 1.74. The van der Waals surface area contributed by atoms with Crippen molar-refractivity contribution in [3.8, 4) is 0 Å². The van der Waals surface area contributed by atoms with Gasteiger partial charge in [-0.25, -0.2) is 0 Å². The third-order valence-corrected chi connectivity index (χ3v) is 5.16. The zero-order chi connectivity index (χ0) is 16.4. The van der Waals surface area contributed by atoms with Gasteiger partial charge in [0.05, 0.1) is 0 Å². The molecule has 0 radical (unpaired) electrons. The quantitative estimate of drug-likeness (QED) is 0.740. The van der Waals surface area contributed by atoms with Crippen LogP contribution >= 0.6 is 0 Å². The Morgan fingerprint density at radius 2 is 2.04 bits per heavy atom. The molecule has 1 aliphatic rings. The lowest BCUT2D eigenvalue weighted by Gasteiger charge is -2.36. The normalized spacial score (nSPS) is 20.3. The Labute approximate surface area is 142 Å². The lowest BCUT2D eigenvalue weighted by atomic mass is 9.86. The number of rotatable bonds is 4. The van der Waals surface area contributed by atoms with Gasteiger partial charge in [0.15, 0.2) is 6.33 Å². The predicted molar refractivity (Wildman–Crippen MR) is 94.7 cm³/mol. The molecule has 0 saturated carbocycles. The average Bonchev–Trinajstić information content (AvgIpc) is 3.16. The summed E-state index contributed by atoms with van der Waals surface area (Å²) in [5, 5.41) is 15.1. The molecule has 2 atom stereocenters. The number of benzene rings is 2. The predicted octanol–water partition coefficient (Wildman–Crippen LogP) is 3.15. The minimum Gasteiger partial charge on any atom is -0.303 e. The van der Waals surface area contributed by atoms with E-state index in [0.717, 1.165) is 13.1 Å². The van der Waals surface area contributed by atoms with E-state index >= 15 is 0 Å². The van der Waals surface area contributed by atoms with E-state index in [0.29, 0.717) is 5.92 Å². The molecule has 1 saturated heterocycles. The van der Waals surface area contributed by atoms with Crippen molar-refractivity contribution in [1.29, 1.82) is 0 Å². The first-order valence-corrected chi connectivity index (χ1v) is 8.78. The lowest BCUT2D eigenvalue weighted by molar-refractivity contribution is 0.144. The zero-order valence-electron chi connectivity index (χ0n) is 14.0. The first-order chi connectivity index (χ1) is 11.8. The van der Waals surface area contributed by atoms with Crippen LogP contribution in [0.25, 0.3) is 10.8 Å². The van der Waals surface area contributed by atoms with Crippen LogP contribution < -0.4 is 0 Å². The maximum Gasteiger partial charge on any atom is 0.162 e. The Bertz CT molecular complexity index is 798. The maximum absolute atomic E-state index is 4.38. The molecule has 0 amide bonds. The van der Waals surface area contributed by atoms with Crippen molar-refractivity contribution < 1.29 is 0 Å². The minimum absolute atomic E-state index is 0.145. The summed E-state index contributed by atoms with van der Waals surface area (Å²) in [4.78, 5) is 4.33. The van der Waals surface area contributed by atoms with Crippen molar-refractivity contribution in [1.82, 2.24) is 25.1 Å². The van der Waals surface area contributed by atoms with Crippen LogP contribution in [0.15, 0.2) is 48.8 Å². The molecule has 5 nitrogen and oxygen atoms in total. The van der Waals surface area contributed by atoms with Gasteiger partial charge in [0.2, 0.25) is 0 Å². The first kappa shape index (κ1) is 15.3. The summed E-state index contributed by atoms with van der Waals surface area (Å²) in [6.45, 7) is 5.63. The van der Waals surface area contributed by atoms with Crippen molar-refractivity contribution >= 4 is 10.8 Å². The molecule has 124 valence electrons. The fourth-order valence-corrected chi connectivity index (χ4v) is 3.92. The molecule has 3 aromatic rings. The van der Waals surface area contributed by atoms with Crippen LogP contribution in [0.4, 0.5) is 0 Å². The number of nitrogens with zero attached hydrogens (tertiary/aromatic N) is 5. The topological polar surface area (TPSA) is 46.8 Å². The Hall–Kier alpha value is -2.27. The van der Waals surface area contributed by atoms with Gasteiger partial charge in [-0.3, -0.25) is 0 Å². The van der Waals surface area contributed by atoms with E-state index in [1.165, 1.54) is 42.0 Å². The van der Waals surface area contributed by atoms with Crippen LogP contribution in [0.5, 0.6) is 0 Å². The zero-order valence-corrected chi connectivity index (χ0v) is 14.0. The molecule has 0 bridgehead atoms. The van der Waals surface area contributed by atoms with Crippen LogP contribution in [-0.2, 0) is 0 Å². The van der Waals surface area contributed by atoms with Gasteiger partial charge in [-0.15, -0.1) is 10.2 Å². The van der Waals surface area contributed by atoms with E-state index < -0.39 is 0 Å². The van der Waals surface area contributed by atoms with Crippen molar-refractivity contribution in [3.05, 3.63) is 54.4 Å². The molecule has 5 heteroatoms. The fourth-order valence-electron chi connectivity index (χ4n) is 3.92. The molecule has 2 heterocycles. The fraction of sp³-hybridized carbons (Fsp3) is 0.421. The molecule has 1 aromatic heterocycles. The Morgan fingerprint density at radius 3 is 2.83 bits per heavy atom. The monoisotopic (exact) mass is 321 g/mol. The number of piperidine rings is 1. The largest absolute Gasteiger partial charge is 0.303 e. The molecule has 1 aliphatic heterocycles. The summed E-state index contributed by atoms with van der Waals surface area (Å²) in [7, 11) is 0. The lowest BCUT2D eigenvalue weighted by Crippen LogP contribution is -2.39. The Morgan fingerprint density at radius 1 is 1.17 bits per heavy atom. The standard InChI is InChI=1S/C19H23N5/c1-2-23-11-5-8-18(13-23)19(24-21-14-20-22-24)17-10-9-15-6-3-4-7-16(15)12-17/h3-4,6-7,9-10,12,14,18-19H,2,5,8,11,13H2,1H3. The summed E-state index contributed by atoms with van der Waals surface area (Å²) in [5.41, 5.74) is 1.27. The smallest absolute Gasteiger partial charge is 0.162 e. The van der Waals surface area contributed by atoms with Crippen LogP contribution in [0.1, 0.15) is 31.4 Å². The van der Waals surface area contributed by atoms with Gasteiger partial charge in [-0.05, 0) is 53.5 Å². The van der Waals surface area contributed by atoms with Crippen molar-refractivity contribution in [2.45, 2.75) is 25.8 Å². The van der Waals surface area contributed by atoms with Crippen molar-refractivity contribution in [2.24, 2.45) is 5.92 Å². The SMILES string of the molecule is CCN1CCCC(C(c2ccc3ccccc3c2)n2ncnn2)C1. The van der Waals surface area contributed by atoms with E-state index in [1.807, 2.05) is 0 Å². The van der Waals surface area contributed by atoms with Gasteiger partial charge in [0, 0.05) is 12.5 Å². The molecule has 2 aromatic carbocycles. The highest BCUT2D eigenvalue weighted by molar-refractivity contribution is 5.83. The third kappa shape index (κ3) is 2.91. The first-order valence-electron chi connectivity index (χ1n) is 8.78. The second-order valence-electron chi connectivity index (χ2n) is 6.60. The molecule has 0 N–H and O–H groups in total. The van der Waals surface area contributed by atoms with Gasteiger partial charge in [0.1, 0.15) is 6.04 Å². The summed E-state index contributed by atoms with van der Waals surface area (Å²) in [6.07, 6.45) is 3.97. The average molecular weight is 321 g/mol. The second kappa shape index (κ2) is 6.69. The van der Waals surface area contributed by atoms with E-state index in [9.17, 15) is 0 Å². The number of likely N-dealkylation sites (tertiary alicyclic amines) is 1. The molecule has 0 aliphatic carbocycles.